The van der Waals surface area contributed by atoms with Crippen LogP contribution in [0.15, 0.2) is 54.7 Å². The van der Waals surface area contributed by atoms with Crippen molar-refractivity contribution in [3.63, 3.8) is 0 Å². The molecular formula is C22H27NW. The quantitative estimate of drug-likeness (QED) is 0.280. The van der Waals surface area contributed by atoms with E-state index in [0.29, 0.717) is 0 Å². The normalized spacial score (nSPS) is 12.6. The molecule has 4 rings (SSSR count). The number of aromatic nitrogens is 1. The monoisotopic (exact) mass is 489 g/mol. The summed E-state index contributed by atoms with van der Waals surface area (Å²) in [7, 11) is 0. The molecule has 0 spiro atoms. The molecule has 1 aliphatic rings. The van der Waals surface area contributed by atoms with Gasteiger partial charge in [0.25, 0.3) is 0 Å². The summed E-state index contributed by atoms with van der Waals surface area (Å²) in [6.45, 7) is 12.6. The van der Waals surface area contributed by atoms with Crippen molar-refractivity contribution in [3.8, 4) is 11.3 Å². The fraction of sp³-hybridized carbons (Fsp3) is 0.318. The molecule has 126 valence electrons. The predicted molar refractivity (Wildman–Crippen MR) is 99.5 cm³/mol. The molecule has 0 radical (unpaired) electrons. The number of rotatable bonds is 0. The molecule has 0 fully saturated rings. The Bertz CT molecular complexity index is 806. The molecule has 24 heavy (non-hydrogen) atoms. The van der Waals surface area contributed by atoms with Gasteiger partial charge in [0.15, 0.2) is 17.4 Å². The molecule has 0 saturated heterocycles. The second-order valence-electron chi connectivity index (χ2n) is 5.65. The molecule has 1 aromatic heterocycles. The zero-order chi connectivity index (χ0) is 17.0. The van der Waals surface area contributed by atoms with Crippen LogP contribution in [0.2, 0.25) is 0 Å². The van der Waals surface area contributed by atoms with Crippen molar-refractivity contribution in [3.05, 3.63) is 66.4 Å². The Labute approximate surface area is 161 Å². The van der Waals surface area contributed by atoms with Crippen LogP contribution in [-0.2, 0) is 26.6 Å². The fourth-order valence-corrected chi connectivity index (χ4v) is 3.25. The Hall–Kier alpha value is -1.46. The van der Waals surface area contributed by atoms with Crippen molar-refractivity contribution in [2.75, 3.05) is 0 Å². The first kappa shape index (κ1) is 20.6. The van der Waals surface area contributed by atoms with Crippen LogP contribution in [0.4, 0.5) is 0 Å². The second kappa shape index (κ2) is 8.58. The van der Waals surface area contributed by atoms with E-state index in [2.05, 4.69) is 73.1 Å². The van der Waals surface area contributed by atoms with Crippen LogP contribution in [0.5, 0.6) is 0 Å². The van der Waals surface area contributed by atoms with Gasteiger partial charge in [0.2, 0.25) is 0 Å². The van der Waals surface area contributed by atoms with Gasteiger partial charge in [-0.1, -0.05) is 51.3 Å². The van der Waals surface area contributed by atoms with Crippen molar-refractivity contribution in [1.29, 1.82) is 0 Å². The topological polar surface area (TPSA) is 3.88 Å². The average molecular weight is 489 g/mol. The maximum atomic E-state index is 3.16. The molecule has 0 atom stereocenters. The van der Waals surface area contributed by atoms with E-state index >= 15 is 0 Å². The molecule has 1 nitrogen and oxygen atoms in total. The zero-order valence-corrected chi connectivity index (χ0v) is 18.5. The minimum Gasteiger partial charge on any atom is -0.191 e. The molecule has 0 amide bonds. The summed E-state index contributed by atoms with van der Waals surface area (Å²) in [6.07, 6.45) is 2.20. The van der Waals surface area contributed by atoms with Crippen molar-refractivity contribution >= 4 is 10.8 Å². The van der Waals surface area contributed by atoms with Gasteiger partial charge in [-0.05, 0) is 12.1 Å². The van der Waals surface area contributed by atoms with E-state index in [4.69, 9.17) is 0 Å². The van der Waals surface area contributed by atoms with Gasteiger partial charge >= 0.3 is 0 Å². The predicted octanol–water partition coefficient (Wildman–Crippen LogP) is 5.74. The van der Waals surface area contributed by atoms with Crippen molar-refractivity contribution in [2.45, 2.75) is 47.1 Å². The smallest absolute Gasteiger partial charge is 0.191 e. The van der Waals surface area contributed by atoms with E-state index in [1.54, 1.807) is 0 Å². The maximum absolute atomic E-state index is 3.16. The summed E-state index contributed by atoms with van der Waals surface area (Å²) in [5, 5.41) is 2.56. The van der Waals surface area contributed by atoms with Gasteiger partial charge in [0.05, 0.1) is 5.56 Å². The summed E-state index contributed by atoms with van der Waals surface area (Å²) in [4.78, 5) is 0. The van der Waals surface area contributed by atoms with Crippen LogP contribution < -0.4 is 4.57 Å². The molecular weight excluding hydrogens is 462 g/mol. The van der Waals surface area contributed by atoms with E-state index in [0.717, 1.165) is 0 Å². The summed E-state index contributed by atoms with van der Waals surface area (Å²) in [5.41, 5.74) is 4.09. The number of hydrogen-bond acceptors (Lipinski definition) is 0. The number of fused-ring (bicyclic) bond motifs is 5. The summed E-state index contributed by atoms with van der Waals surface area (Å²) in [6, 6.07) is 20.3. The second-order valence-corrected chi connectivity index (χ2v) is 5.65. The summed E-state index contributed by atoms with van der Waals surface area (Å²) >= 11 is 0. The summed E-state index contributed by atoms with van der Waals surface area (Å²) < 4.78 is 2.39. The number of hydrogen-bond donors (Lipinski definition) is 0. The van der Waals surface area contributed by atoms with E-state index in [1.165, 1.54) is 27.6 Å². The SMILES string of the molecule is CC.CC.CC1(C)c2ccccc2-c2c3cc[c-]cc3cc[n+]21.[W]. The minimum absolute atomic E-state index is 0. The average Bonchev–Trinajstić information content (AvgIpc) is 2.87. The molecule has 2 heterocycles. The maximum Gasteiger partial charge on any atom is 0.197 e. The number of nitrogens with zero attached hydrogens (tertiary/aromatic N) is 1. The molecule has 1 aliphatic heterocycles. The van der Waals surface area contributed by atoms with E-state index in [-0.39, 0.29) is 26.6 Å². The van der Waals surface area contributed by atoms with Crippen LogP contribution in [0.25, 0.3) is 22.0 Å². The number of pyridine rings is 1. The first-order valence-electron chi connectivity index (χ1n) is 8.64. The Kier molecular flexibility index (Phi) is 7.36. The molecule has 2 heteroatoms. The molecule has 3 aromatic rings. The Morgan fingerprint density at radius 3 is 2.29 bits per heavy atom. The zero-order valence-electron chi connectivity index (χ0n) is 15.6. The summed E-state index contributed by atoms with van der Waals surface area (Å²) in [5.74, 6) is 0. The van der Waals surface area contributed by atoms with E-state index in [1.807, 2.05) is 33.8 Å². The van der Waals surface area contributed by atoms with Crippen LogP contribution >= 0.6 is 0 Å². The van der Waals surface area contributed by atoms with Gasteiger partial charge < -0.3 is 0 Å². The van der Waals surface area contributed by atoms with Gasteiger partial charge in [-0.25, -0.2) is 0 Å². The van der Waals surface area contributed by atoms with Crippen molar-refractivity contribution in [1.82, 2.24) is 0 Å². The Balaban J connectivity index is 0.000000539. The molecule has 0 bridgehead atoms. The van der Waals surface area contributed by atoms with E-state index < -0.39 is 0 Å². The van der Waals surface area contributed by atoms with E-state index in [9.17, 15) is 0 Å². The third kappa shape index (κ3) is 3.19. The van der Waals surface area contributed by atoms with Gasteiger partial charge in [-0.15, -0.1) is 5.39 Å². The Morgan fingerprint density at radius 1 is 0.917 bits per heavy atom. The number of benzene rings is 2. The molecule has 0 aliphatic carbocycles. The van der Waals surface area contributed by atoms with Crippen LogP contribution in [0.3, 0.4) is 0 Å². The standard InChI is InChI=1S/C18H15N.2C2H6.W/c1-18(2)16-10-6-5-9-15(16)17-14-8-4-3-7-13(14)11-12-19(17)18;2*1-2;/h4-12H,1-2H3;2*1-2H3;. The van der Waals surface area contributed by atoms with Gasteiger partial charge in [-0.2, -0.15) is 28.8 Å². The third-order valence-corrected chi connectivity index (χ3v) is 4.24. The molecule has 2 aromatic carbocycles. The van der Waals surface area contributed by atoms with Crippen LogP contribution in [0.1, 0.15) is 47.1 Å². The van der Waals surface area contributed by atoms with Crippen molar-refractivity contribution in [2.24, 2.45) is 0 Å². The first-order chi connectivity index (χ1) is 11.2. The van der Waals surface area contributed by atoms with Crippen LogP contribution in [0, 0.1) is 6.07 Å². The van der Waals surface area contributed by atoms with Crippen molar-refractivity contribution < 1.29 is 25.6 Å². The first-order valence-corrected chi connectivity index (χ1v) is 8.64. The largest absolute Gasteiger partial charge is 0.197 e. The third-order valence-electron chi connectivity index (χ3n) is 4.24. The van der Waals surface area contributed by atoms with Crippen LogP contribution in [-0.4, -0.2) is 0 Å². The molecule has 0 N–H and O–H groups in total. The minimum atomic E-state index is 0. The van der Waals surface area contributed by atoms with Gasteiger partial charge in [-0.3, -0.25) is 0 Å². The fourth-order valence-electron chi connectivity index (χ4n) is 3.25. The Morgan fingerprint density at radius 2 is 1.58 bits per heavy atom. The van der Waals surface area contributed by atoms with Gasteiger partial charge in [0, 0.05) is 40.5 Å². The van der Waals surface area contributed by atoms with Gasteiger partial charge in [0.1, 0.15) is 0 Å². The molecule has 0 unspecified atom stereocenters. The molecule has 0 saturated carbocycles.